The maximum absolute atomic E-state index is 13.0. The van der Waals surface area contributed by atoms with E-state index in [0.29, 0.717) is 17.8 Å². The molecule has 0 aliphatic heterocycles. The first-order valence-electron chi connectivity index (χ1n) is 9.36. The molecule has 0 aliphatic carbocycles. The van der Waals surface area contributed by atoms with Crippen LogP contribution in [-0.4, -0.2) is 26.8 Å². The molecular formula is C22H20FN3O4S. The van der Waals surface area contributed by atoms with Gasteiger partial charge in [0.1, 0.15) is 5.82 Å². The molecule has 0 heterocycles. The molecule has 31 heavy (non-hydrogen) atoms. The number of amides is 2. The number of halogens is 1. The number of carbonyl (C=O) groups is 2. The van der Waals surface area contributed by atoms with Crippen LogP contribution in [0.25, 0.3) is 0 Å². The van der Waals surface area contributed by atoms with Crippen LogP contribution in [0.4, 0.5) is 15.8 Å². The summed E-state index contributed by atoms with van der Waals surface area (Å²) in [6.45, 7) is 2.32. The number of hydrogen-bond donors (Lipinski definition) is 3. The van der Waals surface area contributed by atoms with Gasteiger partial charge < -0.3 is 10.6 Å². The van der Waals surface area contributed by atoms with Crippen LogP contribution in [0, 0.1) is 5.82 Å². The summed E-state index contributed by atoms with van der Waals surface area (Å²) in [5.41, 5.74) is 1.24. The van der Waals surface area contributed by atoms with E-state index in [1.54, 1.807) is 24.3 Å². The van der Waals surface area contributed by atoms with Crippen molar-refractivity contribution in [1.82, 2.24) is 5.32 Å². The Morgan fingerprint density at radius 3 is 2.13 bits per heavy atom. The van der Waals surface area contributed by atoms with E-state index >= 15 is 0 Å². The van der Waals surface area contributed by atoms with Crippen molar-refractivity contribution in [2.45, 2.75) is 11.8 Å². The van der Waals surface area contributed by atoms with Crippen molar-refractivity contribution in [3.8, 4) is 0 Å². The zero-order valence-corrected chi connectivity index (χ0v) is 17.4. The molecule has 3 rings (SSSR count). The lowest BCUT2D eigenvalue weighted by Crippen LogP contribution is -2.22. The Labute approximate surface area is 179 Å². The lowest BCUT2D eigenvalue weighted by atomic mass is 10.1. The molecule has 160 valence electrons. The monoisotopic (exact) mass is 441 g/mol. The first-order chi connectivity index (χ1) is 14.8. The van der Waals surface area contributed by atoms with E-state index < -0.39 is 21.7 Å². The number of anilines is 2. The molecule has 2 amide bonds. The van der Waals surface area contributed by atoms with Gasteiger partial charge in [-0.25, -0.2) is 12.8 Å². The molecule has 0 saturated heterocycles. The highest BCUT2D eigenvalue weighted by Crippen LogP contribution is 2.19. The van der Waals surface area contributed by atoms with Crippen molar-refractivity contribution in [3.05, 3.63) is 89.7 Å². The third kappa shape index (κ3) is 5.67. The Morgan fingerprint density at radius 1 is 0.839 bits per heavy atom. The fraction of sp³-hybridized carbons (Fsp3) is 0.0909. The second-order valence-electron chi connectivity index (χ2n) is 6.53. The summed E-state index contributed by atoms with van der Waals surface area (Å²) in [6, 6.07) is 16.7. The van der Waals surface area contributed by atoms with E-state index in [1.165, 1.54) is 36.4 Å². The van der Waals surface area contributed by atoms with Crippen LogP contribution in [0.15, 0.2) is 77.7 Å². The summed E-state index contributed by atoms with van der Waals surface area (Å²) in [4.78, 5) is 24.2. The highest BCUT2D eigenvalue weighted by Gasteiger charge is 2.17. The van der Waals surface area contributed by atoms with Gasteiger partial charge in [-0.1, -0.05) is 6.07 Å². The van der Waals surface area contributed by atoms with Gasteiger partial charge in [0, 0.05) is 29.0 Å². The third-order valence-electron chi connectivity index (χ3n) is 4.25. The molecule has 3 aromatic rings. The summed E-state index contributed by atoms with van der Waals surface area (Å²) >= 11 is 0. The van der Waals surface area contributed by atoms with Crippen LogP contribution in [-0.2, 0) is 10.0 Å². The Kier molecular flexibility index (Phi) is 6.66. The van der Waals surface area contributed by atoms with Crippen molar-refractivity contribution < 1.29 is 22.4 Å². The van der Waals surface area contributed by atoms with Gasteiger partial charge in [0.25, 0.3) is 21.8 Å². The molecule has 0 aromatic heterocycles. The van der Waals surface area contributed by atoms with Gasteiger partial charge in [-0.15, -0.1) is 0 Å². The molecule has 0 aliphatic rings. The highest BCUT2D eigenvalue weighted by atomic mass is 32.2. The summed E-state index contributed by atoms with van der Waals surface area (Å²) in [5.74, 6) is -1.21. The molecular weight excluding hydrogens is 421 g/mol. The molecule has 0 saturated carbocycles. The van der Waals surface area contributed by atoms with Gasteiger partial charge in [0.15, 0.2) is 0 Å². The van der Waals surface area contributed by atoms with E-state index in [9.17, 15) is 22.4 Å². The molecule has 3 N–H and O–H groups in total. The summed E-state index contributed by atoms with van der Waals surface area (Å²) < 4.78 is 40.6. The van der Waals surface area contributed by atoms with Gasteiger partial charge >= 0.3 is 0 Å². The molecule has 0 bridgehead atoms. The number of hydrogen-bond acceptors (Lipinski definition) is 4. The number of sulfonamides is 1. The van der Waals surface area contributed by atoms with E-state index in [0.717, 1.165) is 12.1 Å². The normalized spacial score (nSPS) is 10.9. The average Bonchev–Trinajstić information content (AvgIpc) is 2.76. The number of benzene rings is 3. The van der Waals surface area contributed by atoms with Crippen molar-refractivity contribution in [3.63, 3.8) is 0 Å². The predicted molar refractivity (Wildman–Crippen MR) is 116 cm³/mol. The minimum atomic E-state index is -3.97. The topological polar surface area (TPSA) is 104 Å². The van der Waals surface area contributed by atoms with E-state index in [4.69, 9.17) is 0 Å². The second-order valence-corrected chi connectivity index (χ2v) is 8.21. The molecule has 7 nitrogen and oxygen atoms in total. The lowest BCUT2D eigenvalue weighted by molar-refractivity contribution is 0.0955. The van der Waals surface area contributed by atoms with E-state index in [1.807, 2.05) is 6.92 Å². The van der Waals surface area contributed by atoms with Gasteiger partial charge in [-0.05, 0) is 73.7 Å². The second kappa shape index (κ2) is 9.40. The minimum Gasteiger partial charge on any atom is -0.352 e. The Morgan fingerprint density at radius 2 is 1.48 bits per heavy atom. The Hall–Kier alpha value is -3.72. The van der Waals surface area contributed by atoms with Crippen molar-refractivity contribution in [2.24, 2.45) is 0 Å². The van der Waals surface area contributed by atoms with Crippen LogP contribution in [0.1, 0.15) is 27.6 Å². The number of nitrogens with one attached hydrogen (secondary N) is 3. The highest BCUT2D eigenvalue weighted by molar-refractivity contribution is 7.92. The molecule has 3 aromatic carbocycles. The molecule has 0 radical (unpaired) electrons. The van der Waals surface area contributed by atoms with Crippen molar-refractivity contribution in [2.75, 3.05) is 16.6 Å². The van der Waals surface area contributed by atoms with Gasteiger partial charge in [0.05, 0.1) is 4.90 Å². The summed E-state index contributed by atoms with van der Waals surface area (Å²) in [7, 11) is -3.97. The summed E-state index contributed by atoms with van der Waals surface area (Å²) in [6.07, 6.45) is 0. The average molecular weight is 441 g/mol. The quantitative estimate of drug-likeness (QED) is 0.521. The SMILES string of the molecule is CCNC(=O)c1ccc(NC(=O)c2cccc(S(=O)(=O)Nc3ccc(F)cc3)c2)cc1. The lowest BCUT2D eigenvalue weighted by Gasteiger charge is -2.10. The molecule has 9 heteroatoms. The van der Waals surface area contributed by atoms with Crippen molar-refractivity contribution >= 4 is 33.2 Å². The minimum absolute atomic E-state index is 0.115. The number of carbonyl (C=O) groups excluding carboxylic acids is 2. The standard InChI is InChI=1S/C22H20FN3O4S/c1-2-24-21(27)15-6-10-18(11-7-15)25-22(28)16-4-3-5-20(14-16)31(29,30)26-19-12-8-17(23)9-13-19/h3-14,26H,2H2,1H3,(H,24,27)(H,25,28). The first-order valence-corrected chi connectivity index (χ1v) is 10.8. The first kappa shape index (κ1) is 22.0. The van der Waals surface area contributed by atoms with Crippen LogP contribution >= 0.6 is 0 Å². The van der Waals surface area contributed by atoms with Crippen LogP contribution in [0.2, 0.25) is 0 Å². The molecule has 0 fully saturated rings. The van der Waals surface area contributed by atoms with Gasteiger partial charge in [-0.3, -0.25) is 14.3 Å². The zero-order valence-electron chi connectivity index (χ0n) is 16.6. The number of rotatable bonds is 7. The van der Waals surface area contributed by atoms with Crippen LogP contribution in [0.5, 0.6) is 0 Å². The smallest absolute Gasteiger partial charge is 0.261 e. The predicted octanol–water partition coefficient (Wildman–Crippen LogP) is 3.63. The maximum Gasteiger partial charge on any atom is 0.261 e. The zero-order chi connectivity index (χ0) is 22.4. The fourth-order valence-electron chi connectivity index (χ4n) is 2.71. The van der Waals surface area contributed by atoms with E-state index in [-0.39, 0.29) is 22.1 Å². The molecule has 0 unspecified atom stereocenters. The molecule has 0 spiro atoms. The third-order valence-corrected chi connectivity index (χ3v) is 5.62. The van der Waals surface area contributed by atoms with E-state index in [2.05, 4.69) is 15.4 Å². The molecule has 0 atom stereocenters. The maximum atomic E-state index is 13.0. The van der Waals surface area contributed by atoms with Crippen LogP contribution < -0.4 is 15.4 Å². The van der Waals surface area contributed by atoms with Crippen molar-refractivity contribution in [1.29, 1.82) is 0 Å². The Balaban J connectivity index is 1.73. The van der Waals surface area contributed by atoms with Gasteiger partial charge in [0.2, 0.25) is 0 Å². The Bertz CT molecular complexity index is 1190. The van der Waals surface area contributed by atoms with Gasteiger partial charge in [-0.2, -0.15) is 0 Å². The van der Waals surface area contributed by atoms with Crippen LogP contribution in [0.3, 0.4) is 0 Å². The summed E-state index contributed by atoms with van der Waals surface area (Å²) in [5, 5.41) is 5.34. The largest absolute Gasteiger partial charge is 0.352 e. The fourth-order valence-corrected chi connectivity index (χ4v) is 3.81.